The van der Waals surface area contributed by atoms with Crippen LogP contribution in [0.1, 0.15) is 18.5 Å². The van der Waals surface area contributed by atoms with Gasteiger partial charge in [-0.3, -0.25) is 4.99 Å². The fourth-order valence-electron chi connectivity index (χ4n) is 2.66. The van der Waals surface area contributed by atoms with E-state index in [4.69, 9.17) is 23.2 Å². The van der Waals surface area contributed by atoms with Crippen molar-refractivity contribution in [2.45, 2.75) is 19.4 Å². The summed E-state index contributed by atoms with van der Waals surface area (Å²) in [4.78, 5) is 6.65. The molecule has 0 amide bonds. The van der Waals surface area contributed by atoms with E-state index in [1.165, 1.54) is 25.9 Å². The van der Waals surface area contributed by atoms with Crippen molar-refractivity contribution in [3.05, 3.63) is 21.9 Å². The fourth-order valence-corrected chi connectivity index (χ4v) is 3.08. The van der Waals surface area contributed by atoms with Crippen molar-refractivity contribution in [3.8, 4) is 0 Å². The summed E-state index contributed by atoms with van der Waals surface area (Å²) in [5.41, 5.74) is 1.03. The zero-order chi connectivity index (χ0) is 16.1. The second-order valence-electron chi connectivity index (χ2n) is 5.89. The highest BCUT2D eigenvalue weighted by Crippen LogP contribution is 2.24. The highest BCUT2D eigenvalue weighted by atomic mass is 127. The van der Waals surface area contributed by atoms with Crippen LogP contribution in [0.4, 0.5) is 0 Å². The average Bonchev–Trinajstić information content (AvgIpc) is 2.76. The van der Waals surface area contributed by atoms with Gasteiger partial charge in [-0.25, -0.2) is 0 Å². The van der Waals surface area contributed by atoms with Gasteiger partial charge in [0.25, 0.3) is 0 Å². The van der Waals surface area contributed by atoms with Gasteiger partial charge in [-0.1, -0.05) is 23.2 Å². The molecule has 0 unspecified atom stereocenters. The summed E-state index contributed by atoms with van der Waals surface area (Å²) < 4.78 is 1.88. The first-order chi connectivity index (χ1) is 10.5. The van der Waals surface area contributed by atoms with E-state index < -0.39 is 0 Å². The van der Waals surface area contributed by atoms with Crippen LogP contribution in [0.15, 0.2) is 11.1 Å². The van der Waals surface area contributed by atoms with Crippen LogP contribution >= 0.6 is 47.2 Å². The predicted molar refractivity (Wildman–Crippen MR) is 109 cm³/mol. The summed E-state index contributed by atoms with van der Waals surface area (Å²) >= 11 is 12.1. The minimum Gasteiger partial charge on any atom is -0.356 e. The van der Waals surface area contributed by atoms with Crippen molar-refractivity contribution in [3.63, 3.8) is 0 Å². The Bertz CT molecular complexity index is 524. The standard InChI is InChI=1S/C15H25Cl2N5.HI/c1-18-15(19-9-11-4-6-21(2)7-5-11)20-10-12-8-13(16)14(17)22(12)3;/h8,11H,4-7,9-10H2,1-3H3,(H2,18,19,20);1H. The number of hydrogen-bond donors (Lipinski definition) is 2. The lowest BCUT2D eigenvalue weighted by Crippen LogP contribution is -2.42. The quantitative estimate of drug-likeness (QED) is 0.401. The molecule has 0 radical (unpaired) electrons. The number of aliphatic imine (C=N–C) groups is 1. The smallest absolute Gasteiger partial charge is 0.191 e. The summed E-state index contributed by atoms with van der Waals surface area (Å²) in [5, 5.41) is 7.86. The zero-order valence-corrected chi connectivity index (χ0v) is 17.7. The maximum atomic E-state index is 6.08. The molecule has 2 heterocycles. The second kappa shape index (κ2) is 9.96. The number of aromatic nitrogens is 1. The van der Waals surface area contributed by atoms with Gasteiger partial charge in [0.1, 0.15) is 5.15 Å². The average molecular weight is 474 g/mol. The molecule has 1 aromatic rings. The van der Waals surface area contributed by atoms with Gasteiger partial charge >= 0.3 is 0 Å². The molecule has 1 aliphatic rings. The fraction of sp³-hybridized carbons (Fsp3) is 0.667. The van der Waals surface area contributed by atoms with E-state index in [0.29, 0.717) is 22.6 Å². The maximum Gasteiger partial charge on any atom is 0.191 e. The molecule has 132 valence electrons. The highest BCUT2D eigenvalue weighted by molar-refractivity contribution is 14.0. The predicted octanol–water partition coefficient (Wildman–Crippen LogP) is 2.96. The number of rotatable bonds is 4. The third-order valence-electron chi connectivity index (χ3n) is 4.27. The number of nitrogens with one attached hydrogen (secondary N) is 2. The van der Waals surface area contributed by atoms with Crippen LogP contribution in [0, 0.1) is 5.92 Å². The number of piperidine rings is 1. The topological polar surface area (TPSA) is 44.6 Å². The Morgan fingerprint density at radius 2 is 1.91 bits per heavy atom. The van der Waals surface area contributed by atoms with E-state index in [2.05, 4.69) is 27.6 Å². The Labute approximate surface area is 165 Å². The number of guanidine groups is 1. The van der Waals surface area contributed by atoms with E-state index in [0.717, 1.165) is 18.2 Å². The van der Waals surface area contributed by atoms with Gasteiger partial charge in [0.15, 0.2) is 5.96 Å². The van der Waals surface area contributed by atoms with Gasteiger partial charge in [-0.15, -0.1) is 24.0 Å². The molecule has 2 rings (SSSR count). The van der Waals surface area contributed by atoms with Crippen molar-refractivity contribution < 1.29 is 0 Å². The van der Waals surface area contributed by atoms with Gasteiger partial charge in [-0.05, 0) is 45.0 Å². The monoisotopic (exact) mass is 473 g/mol. The van der Waals surface area contributed by atoms with Gasteiger partial charge in [-0.2, -0.15) is 0 Å². The van der Waals surface area contributed by atoms with Crippen molar-refractivity contribution in [2.75, 3.05) is 33.7 Å². The van der Waals surface area contributed by atoms with Gasteiger partial charge < -0.3 is 20.1 Å². The normalized spacial score (nSPS) is 17.0. The Morgan fingerprint density at radius 3 is 2.43 bits per heavy atom. The molecule has 1 saturated heterocycles. The molecule has 0 spiro atoms. The molecular formula is C15H26Cl2IN5. The Morgan fingerprint density at radius 1 is 1.26 bits per heavy atom. The van der Waals surface area contributed by atoms with Crippen LogP contribution < -0.4 is 10.6 Å². The molecule has 0 atom stereocenters. The Kier molecular flexibility index (Phi) is 9.03. The van der Waals surface area contributed by atoms with Gasteiger partial charge in [0.05, 0.1) is 11.6 Å². The van der Waals surface area contributed by atoms with Crippen LogP contribution in [0.5, 0.6) is 0 Å². The molecule has 1 aromatic heterocycles. The maximum absolute atomic E-state index is 6.08. The van der Waals surface area contributed by atoms with E-state index in [1.54, 1.807) is 7.05 Å². The lowest BCUT2D eigenvalue weighted by Gasteiger charge is -2.29. The van der Waals surface area contributed by atoms with Crippen molar-refractivity contribution in [1.29, 1.82) is 0 Å². The minimum absolute atomic E-state index is 0. The summed E-state index contributed by atoms with van der Waals surface area (Å²) in [6.07, 6.45) is 2.48. The molecular weight excluding hydrogens is 448 g/mol. The largest absolute Gasteiger partial charge is 0.356 e. The molecule has 1 aliphatic heterocycles. The molecule has 0 aliphatic carbocycles. The molecule has 8 heteroatoms. The van der Waals surface area contributed by atoms with Crippen molar-refractivity contribution >= 4 is 53.1 Å². The van der Waals surface area contributed by atoms with Crippen LogP contribution in [0.25, 0.3) is 0 Å². The Hall–Kier alpha value is -0.180. The van der Waals surface area contributed by atoms with E-state index >= 15 is 0 Å². The first-order valence-electron chi connectivity index (χ1n) is 7.64. The van der Waals surface area contributed by atoms with Crippen molar-refractivity contribution in [1.82, 2.24) is 20.1 Å². The summed E-state index contributed by atoms with van der Waals surface area (Å²) in [6, 6.07) is 1.88. The van der Waals surface area contributed by atoms with Crippen LogP contribution in [0.2, 0.25) is 10.2 Å². The number of nitrogens with zero attached hydrogens (tertiary/aromatic N) is 3. The number of halogens is 3. The summed E-state index contributed by atoms with van der Waals surface area (Å²) in [5.74, 6) is 1.53. The molecule has 23 heavy (non-hydrogen) atoms. The SMILES string of the molecule is CN=C(NCc1cc(Cl)c(Cl)n1C)NCC1CCN(C)CC1.I. The van der Waals surface area contributed by atoms with E-state index in [1.807, 2.05) is 17.7 Å². The van der Waals surface area contributed by atoms with Crippen molar-refractivity contribution in [2.24, 2.45) is 18.0 Å². The van der Waals surface area contributed by atoms with Gasteiger partial charge in [0.2, 0.25) is 0 Å². The lowest BCUT2D eigenvalue weighted by atomic mass is 9.97. The third-order valence-corrected chi connectivity index (χ3v) is 5.11. The lowest BCUT2D eigenvalue weighted by molar-refractivity contribution is 0.220. The molecule has 2 N–H and O–H groups in total. The van der Waals surface area contributed by atoms with Gasteiger partial charge in [0, 0.05) is 26.3 Å². The molecule has 0 saturated carbocycles. The first-order valence-corrected chi connectivity index (χ1v) is 8.39. The summed E-state index contributed by atoms with van der Waals surface area (Å²) in [7, 11) is 5.87. The summed E-state index contributed by atoms with van der Waals surface area (Å²) in [6.45, 7) is 3.95. The van der Waals surface area contributed by atoms with E-state index in [9.17, 15) is 0 Å². The third kappa shape index (κ3) is 5.99. The molecule has 1 fully saturated rings. The minimum atomic E-state index is 0. The Balaban J connectivity index is 0.00000264. The highest BCUT2D eigenvalue weighted by Gasteiger charge is 2.16. The van der Waals surface area contributed by atoms with Crippen LogP contribution in [-0.2, 0) is 13.6 Å². The number of likely N-dealkylation sites (tertiary alicyclic amines) is 1. The molecule has 5 nitrogen and oxygen atoms in total. The molecule has 0 bridgehead atoms. The van der Waals surface area contributed by atoms with E-state index in [-0.39, 0.29) is 24.0 Å². The van der Waals surface area contributed by atoms with Crippen LogP contribution in [-0.4, -0.2) is 49.2 Å². The zero-order valence-electron chi connectivity index (χ0n) is 13.9. The number of hydrogen-bond acceptors (Lipinski definition) is 2. The van der Waals surface area contributed by atoms with Crippen LogP contribution in [0.3, 0.4) is 0 Å². The second-order valence-corrected chi connectivity index (χ2v) is 6.65. The first kappa shape index (κ1) is 20.9. The molecule has 0 aromatic carbocycles.